The van der Waals surface area contributed by atoms with Crippen LogP contribution in [-0.2, 0) is 23.0 Å². The molecule has 0 radical (unpaired) electrons. The minimum atomic E-state index is -0.00436. The average Bonchev–Trinajstić information content (AvgIpc) is 2.84. The van der Waals surface area contributed by atoms with Crippen molar-refractivity contribution in [1.29, 1.82) is 0 Å². The highest BCUT2D eigenvalue weighted by molar-refractivity contribution is 5.79. The lowest BCUT2D eigenvalue weighted by Crippen LogP contribution is -2.44. The standard InChI is InChI=1S/C15H25N3O2/c1-11(2)14-13(5-4-10-20-14)15(19)16-8-6-12-7-9-17-18(12)3/h7,9,11,13-14H,4-6,8,10H2,1-3H3,(H,16,19)/t13-,14-/m1/s1. The van der Waals surface area contributed by atoms with Crippen LogP contribution in [0.5, 0.6) is 0 Å². The van der Waals surface area contributed by atoms with Crippen molar-refractivity contribution >= 4 is 5.91 Å². The van der Waals surface area contributed by atoms with Crippen molar-refractivity contribution in [2.45, 2.75) is 39.2 Å². The van der Waals surface area contributed by atoms with Gasteiger partial charge in [-0.15, -0.1) is 0 Å². The van der Waals surface area contributed by atoms with Crippen LogP contribution in [-0.4, -0.2) is 34.9 Å². The molecule has 20 heavy (non-hydrogen) atoms. The summed E-state index contributed by atoms with van der Waals surface area (Å²) in [5.74, 6) is 0.504. The van der Waals surface area contributed by atoms with E-state index in [1.807, 2.05) is 17.8 Å². The first-order valence-electron chi connectivity index (χ1n) is 7.45. The lowest BCUT2D eigenvalue weighted by Gasteiger charge is -2.33. The molecule has 0 bridgehead atoms. The van der Waals surface area contributed by atoms with Gasteiger partial charge in [0.05, 0.1) is 12.0 Å². The van der Waals surface area contributed by atoms with Crippen molar-refractivity contribution in [2.75, 3.05) is 13.2 Å². The predicted molar refractivity (Wildman–Crippen MR) is 77.2 cm³/mol. The molecule has 1 amide bonds. The highest BCUT2D eigenvalue weighted by Crippen LogP contribution is 2.26. The quantitative estimate of drug-likeness (QED) is 0.889. The molecule has 2 rings (SSSR count). The Hall–Kier alpha value is -1.36. The molecule has 1 aromatic rings. The van der Waals surface area contributed by atoms with E-state index in [-0.39, 0.29) is 17.9 Å². The van der Waals surface area contributed by atoms with E-state index < -0.39 is 0 Å². The van der Waals surface area contributed by atoms with Crippen LogP contribution in [0.15, 0.2) is 12.3 Å². The van der Waals surface area contributed by atoms with Crippen LogP contribution in [0.4, 0.5) is 0 Å². The lowest BCUT2D eigenvalue weighted by atomic mass is 9.87. The van der Waals surface area contributed by atoms with E-state index in [9.17, 15) is 4.79 Å². The van der Waals surface area contributed by atoms with E-state index in [1.54, 1.807) is 6.20 Å². The molecule has 1 aromatic heterocycles. The second-order valence-corrected chi connectivity index (χ2v) is 5.82. The van der Waals surface area contributed by atoms with Gasteiger partial charge in [0.15, 0.2) is 0 Å². The summed E-state index contributed by atoms with van der Waals surface area (Å²) in [6.45, 7) is 5.67. The van der Waals surface area contributed by atoms with Crippen LogP contribution in [0.2, 0.25) is 0 Å². The van der Waals surface area contributed by atoms with E-state index in [2.05, 4.69) is 24.3 Å². The summed E-state index contributed by atoms with van der Waals surface area (Å²) in [7, 11) is 1.92. The van der Waals surface area contributed by atoms with Gasteiger partial charge in [-0.2, -0.15) is 5.10 Å². The first kappa shape index (κ1) is 15.0. The van der Waals surface area contributed by atoms with Crippen molar-refractivity contribution < 1.29 is 9.53 Å². The summed E-state index contributed by atoms with van der Waals surface area (Å²) < 4.78 is 7.61. The van der Waals surface area contributed by atoms with Crippen LogP contribution in [0, 0.1) is 11.8 Å². The van der Waals surface area contributed by atoms with Crippen LogP contribution in [0.1, 0.15) is 32.4 Å². The second kappa shape index (κ2) is 6.88. The highest BCUT2D eigenvalue weighted by atomic mass is 16.5. The van der Waals surface area contributed by atoms with Gasteiger partial charge in [0, 0.05) is 38.5 Å². The molecule has 2 heterocycles. The maximum atomic E-state index is 12.3. The van der Waals surface area contributed by atoms with Gasteiger partial charge >= 0.3 is 0 Å². The molecular weight excluding hydrogens is 254 g/mol. The predicted octanol–water partition coefficient (Wildman–Crippen LogP) is 1.53. The molecule has 1 saturated heterocycles. The topological polar surface area (TPSA) is 56.1 Å². The molecule has 0 aliphatic carbocycles. The van der Waals surface area contributed by atoms with E-state index in [4.69, 9.17) is 4.74 Å². The molecule has 1 aliphatic heterocycles. The van der Waals surface area contributed by atoms with Gasteiger partial charge in [-0.1, -0.05) is 13.8 Å². The van der Waals surface area contributed by atoms with E-state index in [0.717, 1.165) is 31.6 Å². The Morgan fingerprint density at radius 3 is 3.05 bits per heavy atom. The van der Waals surface area contributed by atoms with Gasteiger partial charge in [-0.25, -0.2) is 0 Å². The monoisotopic (exact) mass is 279 g/mol. The van der Waals surface area contributed by atoms with Gasteiger partial charge in [0.25, 0.3) is 0 Å². The van der Waals surface area contributed by atoms with Gasteiger partial charge in [-0.05, 0) is 24.8 Å². The Balaban J connectivity index is 1.83. The van der Waals surface area contributed by atoms with Crippen molar-refractivity contribution in [3.8, 4) is 0 Å². The van der Waals surface area contributed by atoms with Gasteiger partial charge in [0.2, 0.25) is 5.91 Å². The molecule has 1 aliphatic rings. The number of rotatable bonds is 5. The fourth-order valence-electron chi connectivity index (χ4n) is 2.83. The number of aromatic nitrogens is 2. The van der Waals surface area contributed by atoms with Gasteiger partial charge in [0.1, 0.15) is 0 Å². The summed E-state index contributed by atoms with van der Waals surface area (Å²) in [5, 5.41) is 7.17. The number of aryl methyl sites for hydroxylation is 1. The number of nitrogens with zero attached hydrogens (tertiary/aromatic N) is 2. The van der Waals surface area contributed by atoms with Gasteiger partial charge < -0.3 is 10.1 Å². The fourth-order valence-corrected chi connectivity index (χ4v) is 2.83. The molecule has 0 spiro atoms. The average molecular weight is 279 g/mol. The molecular formula is C15H25N3O2. The van der Waals surface area contributed by atoms with E-state index in [1.165, 1.54) is 0 Å². The molecule has 0 aromatic carbocycles. The van der Waals surface area contributed by atoms with Crippen LogP contribution >= 0.6 is 0 Å². The Morgan fingerprint density at radius 1 is 1.60 bits per heavy atom. The largest absolute Gasteiger partial charge is 0.377 e. The SMILES string of the molecule is CC(C)[C@H]1OCCC[C@H]1C(=O)NCCc1ccnn1C. The number of carbonyl (C=O) groups is 1. The molecule has 2 atom stereocenters. The van der Waals surface area contributed by atoms with E-state index in [0.29, 0.717) is 12.5 Å². The van der Waals surface area contributed by atoms with Crippen LogP contribution < -0.4 is 5.32 Å². The number of ether oxygens (including phenoxy) is 1. The molecule has 112 valence electrons. The molecule has 1 fully saturated rings. The maximum absolute atomic E-state index is 12.3. The van der Waals surface area contributed by atoms with Crippen molar-refractivity contribution in [1.82, 2.24) is 15.1 Å². The Morgan fingerprint density at radius 2 is 2.40 bits per heavy atom. The van der Waals surface area contributed by atoms with E-state index >= 15 is 0 Å². The molecule has 5 heteroatoms. The maximum Gasteiger partial charge on any atom is 0.225 e. The summed E-state index contributed by atoms with van der Waals surface area (Å²) >= 11 is 0. The smallest absolute Gasteiger partial charge is 0.225 e. The number of nitrogens with one attached hydrogen (secondary N) is 1. The molecule has 1 N–H and O–H groups in total. The Bertz CT molecular complexity index is 442. The number of hydrogen-bond acceptors (Lipinski definition) is 3. The minimum Gasteiger partial charge on any atom is -0.377 e. The Labute approximate surface area is 120 Å². The summed E-state index contributed by atoms with van der Waals surface area (Å²) in [6, 6.07) is 1.98. The van der Waals surface area contributed by atoms with Crippen molar-refractivity contribution in [3.63, 3.8) is 0 Å². The normalized spacial score (nSPS) is 23.0. The summed E-state index contributed by atoms with van der Waals surface area (Å²) in [6.07, 6.45) is 4.55. The third-order valence-corrected chi connectivity index (χ3v) is 3.96. The zero-order valence-electron chi connectivity index (χ0n) is 12.6. The fraction of sp³-hybridized carbons (Fsp3) is 0.733. The third kappa shape index (κ3) is 3.60. The second-order valence-electron chi connectivity index (χ2n) is 5.82. The third-order valence-electron chi connectivity index (χ3n) is 3.96. The van der Waals surface area contributed by atoms with Gasteiger partial charge in [-0.3, -0.25) is 9.48 Å². The number of amides is 1. The minimum absolute atomic E-state index is 0.00436. The van der Waals surface area contributed by atoms with Crippen molar-refractivity contribution in [2.24, 2.45) is 18.9 Å². The Kier molecular flexibility index (Phi) is 5.17. The zero-order chi connectivity index (χ0) is 14.5. The number of hydrogen-bond donors (Lipinski definition) is 1. The summed E-state index contributed by atoms with van der Waals surface area (Å²) in [4.78, 5) is 12.3. The molecule has 0 unspecified atom stereocenters. The molecule has 0 saturated carbocycles. The number of carbonyl (C=O) groups excluding carboxylic acids is 1. The van der Waals surface area contributed by atoms with Crippen LogP contribution in [0.25, 0.3) is 0 Å². The lowest BCUT2D eigenvalue weighted by molar-refractivity contribution is -0.137. The highest BCUT2D eigenvalue weighted by Gasteiger charge is 2.33. The van der Waals surface area contributed by atoms with Crippen LogP contribution in [0.3, 0.4) is 0 Å². The zero-order valence-corrected chi connectivity index (χ0v) is 12.6. The summed E-state index contributed by atoms with van der Waals surface area (Å²) in [5.41, 5.74) is 1.13. The van der Waals surface area contributed by atoms with Crippen molar-refractivity contribution in [3.05, 3.63) is 18.0 Å². The molecule has 5 nitrogen and oxygen atoms in total. The first-order valence-corrected chi connectivity index (χ1v) is 7.45. The first-order chi connectivity index (χ1) is 9.59.